The quantitative estimate of drug-likeness (QED) is 0.786. The maximum absolute atomic E-state index is 7.67. The fourth-order valence-corrected chi connectivity index (χ4v) is 1.65. The number of rotatable bonds is 4. The molecule has 5 heteroatoms. The lowest BCUT2D eigenvalue weighted by molar-refractivity contribution is 0.00578. The molecule has 19 heavy (non-hydrogen) atoms. The summed E-state index contributed by atoms with van der Waals surface area (Å²) in [5.74, 6) is -0.247. The van der Waals surface area contributed by atoms with Gasteiger partial charge < -0.3 is 14.0 Å². The minimum Gasteiger partial charge on any atom is -0.478 e. The Morgan fingerprint density at radius 3 is 2.53 bits per heavy atom. The molecule has 2 heterocycles. The first kappa shape index (κ1) is 7.65. The van der Waals surface area contributed by atoms with Crippen LogP contribution in [0.1, 0.15) is 50.5 Å². The SMILES string of the molecule is [2H]C([2H])([2H])C([2H])([2H])C([2H])([2H])Oc1ccc(B2OC(C)(C)C(C)(C)O2)cn1. The van der Waals surface area contributed by atoms with Crippen molar-refractivity contribution in [1.29, 1.82) is 0 Å². The van der Waals surface area contributed by atoms with Gasteiger partial charge in [-0.1, -0.05) is 12.9 Å². The molecule has 1 aliphatic heterocycles. The summed E-state index contributed by atoms with van der Waals surface area (Å²) in [6.07, 6.45) is -1.86. The van der Waals surface area contributed by atoms with Gasteiger partial charge in [-0.2, -0.15) is 0 Å². The second kappa shape index (κ2) is 5.14. The molecule has 0 amide bonds. The van der Waals surface area contributed by atoms with Crippen molar-refractivity contribution in [3.8, 4) is 5.88 Å². The van der Waals surface area contributed by atoms with Crippen LogP contribution in [0.4, 0.5) is 0 Å². The number of ether oxygens (including phenoxy) is 1. The Balaban J connectivity index is 2.16. The van der Waals surface area contributed by atoms with Crippen molar-refractivity contribution >= 4 is 12.6 Å². The maximum Gasteiger partial charge on any atom is 0.496 e. The largest absolute Gasteiger partial charge is 0.496 e. The van der Waals surface area contributed by atoms with E-state index in [-0.39, 0.29) is 5.88 Å². The highest BCUT2D eigenvalue weighted by molar-refractivity contribution is 6.62. The summed E-state index contributed by atoms with van der Waals surface area (Å²) in [6, 6.07) is 2.86. The topological polar surface area (TPSA) is 40.6 Å². The molecule has 1 aromatic heterocycles. The Labute approximate surface area is 125 Å². The van der Waals surface area contributed by atoms with Gasteiger partial charge in [0.1, 0.15) is 0 Å². The molecule has 4 nitrogen and oxygen atoms in total. The van der Waals surface area contributed by atoms with Crippen molar-refractivity contribution in [3.05, 3.63) is 18.3 Å². The number of hydrogen-bond acceptors (Lipinski definition) is 4. The van der Waals surface area contributed by atoms with Crippen LogP contribution in [0.3, 0.4) is 0 Å². The molecule has 2 rings (SSSR count). The molecular weight excluding hydrogens is 241 g/mol. The Hall–Kier alpha value is -1.07. The van der Waals surface area contributed by atoms with Gasteiger partial charge >= 0.3 is 7.12 Å². The standard InChI is InChI=1S/C14H22BNO3/c1-6-9-17-12-8-7-11(10-16-12)15-18-13(2,3)14(4,5)19-15/h7-8,10H,6,9H2,1-5H3/i1D3,6D2,9D2. The highest BCUT2D eigenvalue weighted by atomic mass is 16.7. The minimum absolute atomic E-state index is 0.247. The van der Waals surface area contributed by atoms with E-state index in [9.17, 15) is 0 Å². The van der Waals surface area contributed by atoms with E-state index < -0.39 is 38.1 Å². The third-order valence-electron chi connectivity index (χ3n) is 3.49. The molecular formula is C14H22BNO3. The molecule has 0 aliphatic carbocycles. The Morgan fingerprint density at radius 2 is 2.00 bits per heavy atom. The lowest BCUT2D eigenvalue weighted by Crippen LogP contribution is -2.41. The van der Waals surface area contributed by atoms with E-state index in [1.165, 1.54) is 12.3 Å². The minimum atomic E-state index is -3.22. The average molecular weight is 270 g/mol. The van der Waals surface area contributed by atoms with Crippen LogP contribution < -0.4 is 10.2 Å². The van der Waals surface area contributed by atoms with E-state index in [1.807, 2.05) is 27.7 Å². The predicted molar refractivity (Wildman–Crippen MR) is 75.7 cm³/mol. The molecule has 1 aromatic rings. The smallest absolute Gasteiger partial charge is 0.478 e. The van der Waals surface area contributed by atoms with Crippen molar-refractivity contribution in [3.63, 3.8) is 0 Å². The molecule has 0 bridgehead atoms. The molecule has 104 valence electrons. The molecule has 1 aliphatic rings. The summed E-state index contributed by atoms with van der Waals surface area (Å²) < 4.78 is 68.5. The van der Waals surface area contributed by atoms with Gasteiger partial charge in [0.25, 0.3) is 0 Å². The molecule has 0 radical (unpaired) electrons. The molecule has 0 saturated carbocycles. The highest BCUT2D eigenvalue weighted by Gasteiger charge is 2.51. The molecule has 1 saturated heterocycles. The number of hydrogen-bond donors (Lipinski definition) is 0. The second-order valence-electron chi connectivity index (χ2n) is 5.35. The third-order valence-corrected chi connectivity index (χ3v) is 3.49. The van der Waals surface area contributed by atoms with Crippen LogP contribution in [-0.4, -0.2) is 29.9 Å². The van der Waals surface area contributed by atoms with E-state index >= 15 is 0 Å². The van der Waals surface area contributed by atoms with Crippen molar-refractivity contribution in [2.45, 2.75) is 52.1 Å². The zero-order valence-corrected chi connectivity index (χ0v) is 11.5. The summed E-state index contributed by atoms with van der Waals surface area (Å²) in [7, 11) is -0.660. The molecule has 0 atom stereocenters. The Morgan fingerprint density at radius 1 is 1.32 bits per heavy atom. The monoisotopic (exact) mass is 270 g/mol. The summed E-state index contributed by atoms with van der Waals surface area (Å²) in [6.45, 7) is 1.33. The van der Waals surface area contributed by atoms with Gasteiger partial charge in [-0.15, -0.1) is 0 Å². The number of nitrogens with zero attached hydrogens (tertiary/aromatic N) is 1. The first-order chi connectivity index (χ1) is 11.5. The van der Waals surface area contributed by atoms with Gasteiger partial charge in [-0.05, 0) is 40.1 Å². The van der Waals surface area contributed by atoms with Gasteiger partial charge in [0.05, 0.1) is 20.5 Å². The van der Waals surface area contributed by atoms with Gasteiger partial charge in [0, 0.05) is 18.5 Å². The summed E-state index contributed by atoms with van der Waals surface area (Å²) in [5.41, 5.74) is -0.476. The van der Waals surface area contributed by atoms with E-state index in [4.69, 9.17) is 23.6 Å². The number of aromatic nitrogens is 1. The van der Waals surface area contributed by atoms with Crippen molar-refractivity contribution in [2.75, 3.05) is 6.56 Å². The van der Waals surface area contributed by atoms with E-state index in [0.717, 1.165) is 0 Å². The lowest BCUT2D eigenvalue weighted by atomic mass is 9.80. The highest BCUT2D eigenvalue weighted by Crippen LogP contribution is 2.36. The fourth-order valence-electron chi connectivity index (χ4n) is 1.65. The van der Waals surface area contributed by atoms with E-state index in [0.29, 0.717) is 5.46 Å². The van der Waals surface area contributed by atoms with Gasteiger partial charge in [-0.25, -0.2) is 4.98 Å². The molecule has 0 N–H and O–H groups in total. The van der Waals surface area contributed by atoms with Gasteiger partial charge in [0.15, 0.2) is 0 Å². The first-order valence-electron chi connectivity index (χ1n) is 9.51. The van der Waals surface area contributed by atoms with Crippen LogP contribution in [0.15, 0.2) is 18.3 Å². The van der Waals surface area contributed by atoms with E-state index in [1.54, 1.807) is 6.07 Å². The van der Waals surface area contributed by atoms with Crippen molar-refractivity contribution in [2.24, 2.45) is 0 Å². The van der Waals surface area contributed by atoms with Crippen LogP contribution in [0.5, 0.6) is 5.88 Å². The first-order valence-corrected chi connectivity index (χ1v) is 6.01. The fraction of sp³-hybridized carbons (Fsp3) is 0.643. The third kappa shape index (κ3) is 2.93. The molecule has 0 unspecified atom stereocenters. The second-order valence-corrected chi connectivity index (χ2v) is 5.35. The molecule has 0 aromatic carbocycles. The average Bonchev–Trinajstić information content (AvgIpc) is 2.66. The van der Waals surface area contributed by atoms with Crippen LogP contribution >= 0.6 is 0 Å². The van der Waals surface area contributed by atoms with E-state index in [2.05, 4.69) is 4.98 Å². The normalized spacial score (nSPS) is 28.2. The van der Waals surface area contributed by atoms with Gasteiger partial charge in [-0.3, -0.25) is 0 Å². The van der Waals surface area contributed by atoms with Crippen LogP contribution in [0.25, 0.3) is 0 Å². The Bertz CT molecular complexity index is 645. The van der Waals surface area contributed by atoms with Crippen molar-refractivity contribution in [1.82, 2.24) is 4.98 Å². The van der Waals surface area contributed by atoms with Crippen molar-refractivity contribution < 1.29 is 23.6 Å². The van der Waals surface area contributed by atoms with Crippen LogP contribution in [-0.2, 0) is 9.31 Å². The summed E-state index contributed by atoms with van der Waals surface area (Å²) >= 11 is 0. The summed E-state index contributed by atoms with van der Waals surface area (Å²) in [4.78, 5) is 3.93. The summed E-state index contributed by atoms with van der Waals surface area (Å²) in [5, 5.41) is 0. The lowest BCUT2D eigenvalue weighted by Gasteiger charge is -2.32. The molecule has 1 fully saturated rings. The zero-order chi connectivity index (χ0) is 20.2. The van der Waals surface area contributed by atoms with Crippen LogP contribution in [0.2, 0.25) is 0 Å². The maximum atomic E-state index is 7.67. The number of pyridine rings is 1. The Kier molecular flexibility index (Phi) is 2.07. The van der Waals surface area contributed by atoms with Crippen LogP contribution in [0, 0.1) is 0 Å². The predicted octanol–water partition coefficient (Wildman–Crippen LogP) is 2.17. The molecule has 0 spiro atoms. The zero-order valence-electron chi connectivity index (χ0n) is 18.5. The van der Waals surface area contributed by atoms with Gasteiger partial charge in [0.2, 0.25) is 5.88 Å².